The van der Waals surface area contributed by atoms with Crippen molar-refractivity contribution in [1.29, 1.82) is 0 Å². The topological polar surface area (TPSA) is 98.5 Å². The number of nitro benzene ring substituents is 1. The first-order valence-electron chi connectivity index (χ1n) is 6.68. The zero-order chi connectivity index (χ0) is 16.8. The number of amides is 1. The van der Waals surface area contributed by atoms with Gasteiger partial charge in [0.2, 0.25) is 0 Å². The van der Waals surface area contributed by atoms with E-state index < -0.39 is 23.4 Å². The van der Waals surface area contributed by atoms with Gasteiger partial charge in [-0.2, -0.15) is 0 Å². The molecule has 120 valence electrons. The number of thiophene rings is 1. The van der Waals surface area contributed by atoms with Crippen LogP contribution in [0.4, 0.5) is 5.69 Å². The van der Waals surface area contributed by atoms with Gasteiger partial charge in [-0.15, -0.1) is 11.3 Å². The Morgan fingerprint density at radius 3 is 2.78 bits per heavy atom. The number of hydrogen-bond acceptors (Lipinski definition) is 6. The smallest absolute Gasteiger partial charge is 0.338 e. The molecule has 0 aliphatic heterocycles. The second-order valence-corrected chi connectivity index (χ2v) is 5.72. The van der Waals surface area contributed by atoms with Crippen molar-refractivity contribution in [3.63, 3.8) is 0 Å². The van der Waals surface area contributed by atoms with Crippen LogP contribution in [0.25, 0.3) is 0 Å². The molecule has 7 nitrogen and oxygen atoms in total. The minimum atomic E-state index is -0.778. The number of rotatable bonds is 6. The third-order valence-corrected chi connectivity index (χ3v) is 3.89. The zero-order valence-electron chi connectivity index (χ0n) is 12.3. The average Bonchev–Trinajstić information content (AvgIpc) is 3.04. The molecule has 0 fully saturated rings. The number of nitrogens with one attached hydrogen (secondary N) is 1. The molecular formula is C15H14N2O5S. The zero-order valence-corrected chi connectivity index (χ0v) is 13.1. The summed E-state index contributed by atoms with van der Waals surface area (Å²) in [6, 6.07) is 7.78. The molecule has 2 aromatic rings. The summed E-state index contributed by atoms with van der Waals surface area (Å²) in [4.78, 5) is 34.7. The van der Waals surface area contributed by atoms with E-state index in [1.54, 1.807) is 6.92 Å². The highest BCUT2D eigenvalue weighted by atomic mass is 32.1. The van der Waals surface area contributed by atoms with Gasteiger partial charge in [0, 0.05) is 16.5 Å². The van der Waals surface area contributed by atoms with Crippen molar-refractivity contribution in [2.75, 3.05) is 6.61 Å². The van der Waals surface area contributed by atoms with Crippen LogP contribution >= 0.6 is 11.3 Å². The van der Waals surface area contributed by atoms with Crippen LogP contribution in [-0.2, 0) is 16.1 Å². The lowest BCUT2D eigenvalue weighted by Gasteiger charge is -2.06. The molecule has 0 saturated carbocycles. The Balaban J connectivity index is 1.88. The normalized spacial score (nSPS) is 10.1. The predicted octanol–water partition coefficient (Wildman–Crippen LogP) is 2.44. The number of benzene rings is 1. The van der Waals surface area contributed by atoms with Crippen molar-refractivity contribution >= 4 is 28.9 Å². The quantitative estimate of drug-likeness (QED) is 0.497. The number of aryl methyl sites for hydroxylation is 1. The van der Waals surface area contributed by atoms with Crippen molar-refractivity contribution in [1.82, 2.24) is 5.32 Å². The lowest BCUT2D eigenvalue weighted by Crippen LogP contribution is -2.28. The van der Waals surface area contributed by atoms with E-state index in [0.29, 0.717) is 12.1 Å². The third kappa shape index (κ3) is 4.62. The SMILES string of the molecule is Cc1ccc(C(=O)OCC(=O)NCc2cccs2)cc1[N+](=O)[O-]. The van der Waals surface area contributed by atoms with Crippen LogP contribution in [0.2, 0.25) is 0 Å². The number of carbonyl (C=O) groups is 2. The first-order chi connectivity index (χ1) is 11.0. The maximum atomic E-state index is 11.8. The van der Waals surface area contributed by atoms with Crippen LogP contribution in [-0.4, -0.2) is 23.4 Å². The highest BCUT2D eigenvalue weighted by molar-refractivity contribution is 7.09. The summed E-state index contributed by atoms with van der Waals surface area (Å²) in [5.74, 6) is -1.22. The molecule has 1 N–H and O–H groups in total. The van der Waals surface area contributed by atoms with Gasteiger partial charge >= 0.3 is 5.97 Å². The summed E-state index contributed by atoms with van der Waals surface area (Å²) < 4.78 is 4.86. The van der Waals surface area contributed by atoms with Crippen LogP contribution in [0.3, 0.4) is 0 Å². The minimum absolute atomic E-state index is 0.0355. The Kier molecular flexibility index (Phi) is 5.42. The summed E-state index contributed by atoms with van der Waals surface area (Å²) >= 11 is 1.51. The highest BCUT2D eigenvalue weighted by Gasteiger charge is 2.16. The van der Waals surface area contributed by atoms with Gasteiger partial charge in [-0.25, -0.2) is 4.79 Å². The third-order valence-electron chi connectivity index (χ3n) is 3.02. The van der Waals surface area contributed by atoms with E-state index in [1.807, 2.05) is 17.5 Å². The molecule has 1 heterocycles. The van der Waals surface area contributed by atoms with E-state index in [2.05, 4.69) is 5.32 Å². The fraction of sp³-hybridized carbons (Fsp3) is 0.200. The Bertz CT molecular complexity index is 727. The van der Waals surface area contributed by atoms with Crippen molar-refractivity contribution in [2.45, 2.75) is 13.5 Å². The summed E-state index contributed by atoms with van der Waals surface area (Å²) in [5, 5.41) is 15.4. The molecule has 0 aliphatic rings. The second-order valence-electron chi connectivity index (χ2n) is 4.69. The molecule has 0 unspecified atom stereocenters. The highest BCUT2D eigenvalue weighted by Crippen LogP contribution is 2.19. The maximum Gasteiger partial charge on any atom is 0.338 e. The van der Waals surface area contributed by atoms with Gasteiger partial charge in [-0.05, 0) is 24.4 Å². The molecule has 0 atom stereocenters. The van der Waals surface area contributed by atoms with Crippen molar-refractivity contribution in [3.05, 3.63) is 61.8 Å². The first-order valence-corrected chi connectivity index (χ1v) is 7.56. The monoisotopic (exact) mass is 334 g/mol. The largest absolute Gasteiger partial charge is 0.452 e. The minimum Gasteiger partial charge on any atom is -0.452 e. The Hall–Kier alpha value is -2.74. The van der Waals surface area contributed by atoms with Gasteiger partial charge in [0.25, 0.3) is 11.6 Å². The predicted molar refractivity (Wildman–Crippen MR) is 84.3 cm³/mol. The van der Waals surface area contributed by atoms with Crippen LogP contribution in [0.1, 0.15) is 20.8 Å². The summed E-state index contributed by atoms with van der Waals surface area (Å²) in [5.41, 5.74) is 0.315. The van der Waals surface area contributed by atoms with Crippen molar-refractivity contribution < 1.29 is 19.2 Å². The van der Waals surface area contributed by atoms with Gasteiger partial charge < -0.3 is 10.1 Å². The van der Waals surface area contributed by atoms with E-state index in [-0.39, 0.29) is 11.3 Å². The van der Waals surface area contributed by atoms with Gasteiger partial charge in [0.1, 0.15) is 0 Å². The number of hydrogen-bond donors (Lipinski definition) is 1. The average molecular weight is 334 g/mol. The van der Waals surface area contributed by atoms with Crippen LogP contribution in [0, 0.1) is 17.0 Å². The molecule has 0 spiro atoms. The molecule has 8 heteroatoms. The summed E-state index contributed by atoms with van der Waals surface area (Å²) in [7, 11) is 0. The molecule has 2 rings (SSSR count). The molecular weight excluding hydrogens is 320 g/mol. The molecule has 0 radical (unpaired) electrons. The lowest BCUT2D eigenvalue weighted by atomic mass is 10.1. The van der Waals surface area contributed by atoms with Crippen LogP contribution in [0.15, 0.2) is 35.7 Å². The second kappa shape index (κ2) is 7.50. The summed E-state index contributed by atoms with van der Waals surface area (Å²) in [6.45, 7) is 1.50. The molecule has 1 amide bonds. The molecule has 23 heavy (non-hydrogen) atoms. The molecule has 0 saturated heterocycles. The van der Waals surface area contributed by atoms with E-state index in [4.69, 9.17) is 4.74 Å². The number of nitro groups is 1. The molecule has 0 aliphatic carbocycles. The first kappa shape index (κ1) is 16.6. The van der Waals surface area contributed by atoms with Crippen molar-refractivity contribution in [2.24, 2.45) is 0 Å². The van der Waals surface area contributed by atoms with Gasteiger partial charge in [-0.1, -0.05) is 12.1 Å². The lowest BCUT2D eigenvalue weighted by molar-refractivity contribution is -0.385. The van der Waals surface area contributed by atoms with Gasteiger partial charge in [-0.3, -0.25) is 14.9 Å². The van der Waals surface area contributed by atoms with E-state index in [9.17, 15) is 19.7 Å². The maximum absolute atomic E-state index is 11.8. The Labute approximate surface area is 136 Å². The molecule has 0 bridgehead atoms. The fourth-order valence-electron chi connectivity index (χ4n) is 1.80. The number of nitrogens with zero attached hydrogens (tertiary/aromatic N) is 1. The van der Waals surface area contributed by atoms with Crippen LogP contribution in [0.5, 0.6) is 0 Å². The van der Waals surface area contributed by atoms with Crippen LogP contribution < -0.4 is 5.32 Å². The standard InChI is InChI=1S/C15H14N2O5S/c1-10-4-5-11(7-13(10)17(20)21)15(19)22-9-14(18)16-8-12-3-2-6-23-12/h2-7H,8-9H2,1H3,(H,16,18). The number of esters is 1. The van der Waals surface area contributed by atoms with Gasteiger partial charge in [0.05, 0.1) is 17.0 Å². The Morgan fingerprint density at radius 1 is 1.35 bits per heavy atom. The Morgan fingerprint density at radius 2 is 2.13 bits per heavy atom. The summed E-state index contributed by atoms with van der Waals surface area (Å²) in [6.07, 6.45) is 0. The molecule has 1 aromatic heterocycles. The van der Waals surface area contributed by atoms with E-state index >= 15 is 0 Å². The fourth-order valence-corrected chi connectivity index (χ4v) is 2.44. The van der Waals surface area contributed by atoms with Gasteiger partial charge in [0.15, 0.2) is 6.61 Å². The number of ether oxygens (including phenoxy) is 1. The van der Waals surface area contributed by atoms with E-state index in [0.717, 1.165) is 10.9 Å². The number of carbonyl (C=O) groups excluding carboxylic acids is 2. The van der Waals surface area contributed by atoms with Crippen molar-refractivity contribution in [3.8, 4) is 0 Å². The van der Waals surface area contributed by atoms with E-state index in [1.165, 1.54) is 23.5 Å². The molecule has 1 aromatic carbocycles.